The maximum atomic E-state index is 10.3. The smallest absolute Gasteiger partial charge is 0.313 e. The normalized spacial score (nSPS) is 10.5. The molecule has 0 aliphatic heterocycles. The van der Waals surface area contributed by atoms with Crippen LogP contribution in [0.5, 0.6) is 0 Å². The topological polar surface area (TPSA) is 118 Å². The Bertz CT molecular complexity index is 508. The molecule has 0 saturated heterocycles. The number of aliphatic carboxylic acids is 1. The number of nitrogens with one attached hydrogen (secondary N) is 1. The number of nitrogens with two attached hydrogens (primary N) is 1. The van der Waals surface area contributed by atoms with Gasteiger partial charge in [-0.3, -0.25) is 4.79 Å². The Hall–Kier alpha value is -1.61. The first kappa shape index (κ1) is 10.9. The molecule has 2 rings (SSSR count). The molecule has 0 atom stereocenters. The van der Waals surface area contributed by atoms with Gasteiger partial charge in [-0.25, -0.2) is 4.98 Å². The van der Waals surface area contributed by atoms with Gasteiger partial charge < -0.3 is 15.8 Å². The molecule has 16 heavy (non-hydrogen) atoms. The van der Waals surface area contributed by atoms with E-state index in [2.05, 4.69) is 20.2 Å². The summed E-state index contributed by atoms with van der Waals surface area (Å²) in [6.07, 6.45) is 1.59. The van der Waals surface area contributed by atoms with E-state index < -0.39 is 5.97 Å². The van der Waals surface area contributed by atoms with Crippen molar-refractivity contribution in [1.82, 2.24) is 20.2 Å². The molecule has 0 fully saturated rings. The summed E-state index contributed by atoms with van der Waals surface area (Å²) < 4.78 is 0. The Morgan fingerprint density at radius 2 is 2.44 bits per heavy atom. The Kier molecular flexibility index (Phi) is 3.06. The lowest BCUT2D eigenvalue weighted by molar-refractivity contribution is -0.133. The number of H-pyrrole nitrogens is 1. The van der Waals surface area contributed by atoms with Crippen molar-refractivity contribution in [1.29, 1.82) is 0 Å². The van der Waals surface area contributed by atoms with Crippen molar-refractivity contribution >= 4 is 34.2 Å². The second kappa shape index (κ2) is 4.49. The number of carboxylic acids is 1. The van der Waals surface area contributed by atoms with Crippen LogP contribution in [-0.2, 0) is 4.79 Å². The second-order valence-electron chi connectivity index (χ2n) is 2.72. The number of nitrogens with zero attached hydrogens (tertiary/aromatic N) is 3. The van der Waals surface area contributed by atoms with Crippen LogP contribution in [0, 0.1) is 0 Å². The van der Waals surface area contributed by atoms with Crippen molar-refractivity contribution in [3.8, 4) is 10.7 Å². The number of aromatic nitrogens is 4. The highest BCUT2D eigenvalue weighted by atomic mass is 32.2. The molecule has 4 N–H and O–H groups in total. The molecular formula is C7H7N5O2S2. The summed E-state index contributed by atoms with van der Waals surface area (Å²) in [6.45, 7) is 0. The van der Waals surface area contributed by atoms with Gasteiger partial charge >= 0.3 is 5.97 Å². The lowest BCUT2D eigenvalue weighted by atomic mass is 10.5. The van der Waals surface area contributed by atoms with Gasteiger partial charge in [0.25, 0.3) is 0 Å². The fraction of sp³-hybridized carbons (Fsp3) is 0.143. The van der Waals surface area contributed by atoms with Crippen LogP contribution in [0.15, 0.2) is 11.4 Å². The van der Waals surface area contributed by atoms with E-state index in [0.717, 1.165) is 16.6 Å². The average Bonchev–Trinajstić information content (AvgIpc) is 2.83. The van der Waals surface area contributed by atoms with Gasteiger partial charge in [-0.05, 0) is 0 Å². The Morgan fingerprint density at radius 1 is 1.62 bits per heavy atom. The Labute approximate surface area is 98.1 Å². The number of carbonyl (C=O) groups is 1. The van der Waals surface area contributed by atoms with E-state index in [1.807, 2.05) is 0 Å². The SMILES string of the molecule is Nc1ncc(-c2nnc(SCC(=O)O)[nH]2)s1. The van der Waals surface area contributed by atoms with Gasteiger partial charge in [0, 0.05) is 0 Å². The van der Waals surface area contributed by atoms with E-state index in [9.17, 15) is 4.79 Å². The van der Waals surface area contributed by atoms with E-state index in [-0.39, 0.29) is 5.75 Å². The number of carboxylic acid groups (broad SMARTS) is 1. The highest BCUT2D eigenvalue weighted by Gasteiger charge is 2.09. The fourth-order valence-corrected chi connectivity index (χ4v) is 2.10. The maximum absolute atomic E-state index is 10.3. The van der Waals surface area contributed by atoms with Crippen LogP contribution >= 0.6 is 23.1 Å². The van der Waals surface area contributed by atoms with Gasteiger partial charge in [-0.15, -0.1) is 10.2 Å². The summed E-state index contributed by atoms with van der Waals surface area (Å²) >= 11 is 2.36. The molecule has 0 saturated carbocycles. The highest BCUT2D eigenvalue weighted by molar-refractivity contribution is 7.99. The highest BCUT2D eigenvalue weighted by Crippen LogP contribution is 2.25. The molecule has 0 spiro atoms. The van der Waals surface area contributed by atoms with Crippen LogP contribution in [0.1, 0.15) is 0 Å². The third-order valence-corrected chi connectivity index (χ3v) is 3.24. The molecule has 2 heterocycles. The first-order valence-corrected chi connectivity index (χ1v) is 5.94. The minimum absolute atomic E-state index is 0.0561. The zero-order valence-corrected chi connectivity index (χ0v) is 9.51. The van der Waals surface area contributed by atoms with Gasteiger partial charge in [-0.2, -0.15) is 0 Å². The molecule has 9 heteroatoms. The van der Waals surface area contributed by atoms with Gasteiger partial charge in [0.15, 0.2) is 16.1 Å². The molecule has 84 valence electrons. The molecule has 0 radical (unpaired) electrons. The predicted molar refractivity (Wildman–Crippen MR) is 60.3 cm³/mol. The summed E-state index contributed by atoms with van der Waals surface area (Å²) in [5.74, 6) is -0.411. The molecule has 7 nitrogen and oxygen atoms in total. The number of hydrogen-bond donors (Lipinski definition) is 3. The van der Waals surface area contributed by atoms with Gasteiger partial charge in [0.1, 0.15) is 0 Å². The number of aromatic amines is 1. The first-order valence-electron chi connectivity index (χ1n) is 4.14. The quantitative estimate of drug-likeness (QED) is 0.689. The summed E-state index contributed by atoms with van der Waals surface area (Å²) in [7, 11) is 0. The molecule has 0 amide bonds. The third-order valence-electron chi connectivity index (χ3n) is 1.56. The molecular weight excluding hydrogens is 250 g/mol. The van der Waals surface area contributed by atoms with Crippen molar-refractivity contribution < 1.29 is 9.90 Å². The number of thiazole rings is 1. The lowest BCUT2D eigenvalue weighted by Crippen LogP contribution is -1.97. The van der Waals surface area contributed by atoms with Crippen LogP contribution in [0.3, 0.4) is 0 Å². The van der Waals surface area contributed by atoms with E-state index in [0.29, 0.717) is 16.1 Å². The second-order valence-corrected chi connectivity index (χ2v) is 4.75. The maximum Gasteiger partial charge on any atom is 0.313 e. The van der Waals surface area contributed by atoms with Gasteiger partial charge in [0.2, 0.25) is 0 Å². The molecule has 0 aromatic carbocycles. The lowest BCUT2D eigenvalue weighted by Gasteiger charge is -1.89. The zero-order chi connectivity index (χ0) is 11.5. The van der Waals surface area contributed by atoms with Gasteiger partial charge in [-0.1, -0.05) is 23.1 Å². The predicted octanol–water partition coefficient (Wildman–Crippen LogP) is 0.687. The first-order chi connectivity index (χ1) is 7.65. The fourth-order valence-electron chi connectivity index (χ4n) is 0.950. The molecule has 0 bridgehead atoms. The summed E-state index contributed by atoms with van der Waals surface area (Å²) in [4.78, 5) is 17.9. The largest absolute Gasteiger partial charge is 0.481 e. The number of anilines is 1. The molecule has 2 aromatic heterocycles. The van der Waals surface area contributed by atoms with Crippen LogP contribution in [-0.4, -0.2) is 37.0 Å². The number of nitrogen functional groups attached to an aromatic ring is 1. The van der Waals surface area contributed by atoms with Crippen LogP contribution in [0.4, 0.5) is 5.13 Å². The minimum atomic E-state index is -0.898. The van der Waals surface area contributed by atoms with Crippen LogP contribution < -0.4 is 5.73 Å². The summed E-state index contributed by atoms with van der Waals surface area (Å²) in [5.41, 5.74) is 5.48. The number of hydrogen-bond acceptors (Lipinski definition) is 7. The van der Waals surface area contributed by atoms with Crippen LogP contribution in [0.2, 0.25) is 0 Å². The average molecular weight is 257 g/mol. The van der Waals surface area contributed by atoms with Crippen molar-refractivity contribution in [2.75, 3.05) is 11.5 Å². The molecule has 2 aromatic rings. The standard InChI is InChI=1S/C7H7N5O2S2/c8-6-9-1-3(16-6)5-10-7(12-11-5)15-2-4(13)14/h1H,2H2,(H2,8,9)(H,13,14)(H,10,11,12). The van der Waals surface area contributed by atoms with E-state index in [4.69, 9.17) is 10.8 Å². The summed E-state index contributed by atoms with van der Waals surface area (Å²) in [6, 6.07) is 0. The third kappa shape index (κ3) is 2.49. The van der Waals surface area contributed by atoms with E-state index in [1.54, 1.807) is 6.20 Å². The number of rotatable bonds is 4. The minimum Gasteiger partial charge on any atom is -0.481 e. The van der Waals surface area contributed by atoms with Crippen molar-refractivity contribution in [2.45, 2.75) is 5.16 Å². The number of thioether (sulfide) groups is 1. The molecule has 0 unspecified atom stereocenters. The Morgan fingerprint density at radius 3 is 3.06 bits per heavy atom. The van der Waals surface area contributed by atoms with Crippen molar-refractivity contribution in [3.05, 3.63) is 6.20 Å². The molecule has 0 aliphatic rings. The van der Waals surface area contributed by atoms with Gasteiger partial charge in [0.05, 0.1) is 16.8 Å². The summed E-state index contributed by atoms with van der Waals surface area (Å²) in [5, 5.41) is 17.1. The van der Waals surface area contributed by atoms with Crippen molar-refractivity contribution in [2.24, 2.45) is 0 Å². The van der Waals surface area contributed by atoms with Crippen molar-refractivity contribution in [3.63, 3.8) is 0 Å². The Balaban J connectivity index is 2.10. The van der Waals surface area contributed by atoms with E-state index >= 15 is 0 Å². The zero-order valence-electron chi connectivity index (χ0n) is 7.88. The van der Waals surface area contributed by atoms with Crippen LogP contribution in [0.25, 0.3) is 10.7 Å². The van der Waals surface area contributed by atoms with E-state index in [1.165, 1.54) is 11.3 Å². The monoisotopic (exact) mass is 257 g/mol. The molecule has 0 aliphatic carbocycles.